The molecule has 4 rings (SSSR count). The van der Waals surface area contributed by atoms with E-state index in [-0.39, 0.29) is 12.4 Å². The van der Waals surface area contributed by atoms with Crippen LogP contribution in [0.15, 0.2) is 66.7 Å². The molecule has 0 heterocycles. The van der Waals surface area contributed by atoms with Crippen molar-refractivity contribution in [2.24, 2.45) is 0 Å². The van der Waals surface area contributed by atoms with E-state index in [0.717, 1.165) is 10.8 Å². The molecule has 27 heavy (non-hydrogen) atoms. The van der Waals surface area contributed by atoms with Gasteiger partial charge in [-0.15, -0.1) is 0 Å². The first-order valence-corrected chi connectivity index (χ1v) is 9.27. The molecule has 136 valence electrons. The molecule has 1 amide bonds. The van der Waals surface area contributed by atoms with Gasteiger partial charge in [0.15, 0.2) is 0 Å². The summed E-state index contributed by atoms with van der Waals surface area (Å²) in [5, 5.41) is 12.7. The Labute approximate surface area is 158 Å². The van der Waals surface area contributed by atoms with Crippen LogP contribution in [0.1, 0.15) is 41.9 Å². The number of ether oxygens (including phenoxy) is 1. The first-order valence-electron chi connectivity index (χ1n) is 9.27. The summed E-state index contributed by atoms with van der Waals surface area (Å²) in [5.74, 6) is 1.25. The van der Waals surface area contributed by atoms with E-state index >= 15 is 0 Å². The SMILES string of the molecule is CCOC(=O)NC(=N)c1ccc2cc(C3CC3c3ccccc3)ccc2c1. The molecule has 1 saturated carbocycles. The predicted octanol–water partition coefficient (Wildman–Crippen LogP) is 5.18. The number of alkyl carbamates (subject to hydrolysis) is 1. The smallest absolute Gasteiger partial charge is 0.412 e. The number of carbonyl (C=O) groups excluding carboxylic acids is 1. The summed E-state index contributed by atoms with van der Waals surface area (Å²) >= 11 is 0. The zero-order chi connectivity index (χ0) is 18.8. The van der Waals surface area contributed by atoms with Gasteiger partial charge in [-0.05, 0) is 53.1 Å². The Hall–Kier alpha value is -3.14. The van der Waals surface area contributed by atoms with Crippen LogP contribution in [0.3, 0.4) is 0 Å². The zero-order valence-electron chi connectivity index (χ0n) is 15.2. The Morgan fingerprint density at radius 2 is 1.70 bits per heavy atom. The second kappa shape index (κ2) is 7.23. The average molecular weight is 358 g/mol. The Morgan fingerprint density at radius 3 is 2.48 bits per heavy atom. The molecule has 0 aliphatic heterocycles. The average Bonchev–Trinajstić information content (AvgIpc) is 3.49. The van der Waals surface area contributed by atoms with Crippen molar-refractivity contribution in [2.45, 2.75) is 25.2 Å². The van der Waals surface area contributed by atoms with Crippen molar-refractivity contribution < 1.29 is 9.53 Å². The van der Waals surface area contributed by atoms with Gasteiger partial charge < -0.3 is 4.74 Å². The van der Waals surface area contributed by atoms with Crippen LogP contribution in [0.4, 0.5) is 4.79 Å². The summed E-state index contributed by atoms with van der Waals surface area (Å²) in [4.78, 5) is 11.5. The minimum Gasteiger partial charge on any atom is -0.450 e. The number of hydrogen-bond donors (Lipinski definition) is 2. The van der Waals surface area contributed by atoms with E-state index in [2.05, 4.69) is 53.8 Å². The maximum absolute atomic E-state index is 11.5. The van der Waals surface area contributed by atoms with Crippen LogP contribution < -0.4 is 5.32 Å². The zero-order valence-corrected chi connectivity index (χ0v) is 15.2. The van der Waals surface area contributed by atoms with E-state index in [9.17, 15) is 4.79 Å². The van der Waals surface area contributed by atoms with E-state index in [4.69, 9.17) is 10.1 Å². The number of carbonyl (C=O) groups is 1. The summed E-state index contributed by atoms with van der Waals surface area (Å²) in [6.45, 7) is 2.02. The molecule has 1 fully saturated rings. The minimum atomic E-state index is -0.598. The molecule has 0 radical (unpaired) electrons. The van der Waals surface area contributed by atoms with Crippen molar-refractivity contribution in [2.75, 3.05) is 6.61 Å². The Kier molecular flexibility index (Phi) is 4.63. The van der Waals surface area contributed by atoms with Gasteiger partial charge in [-0.25, -0.2) is 4.79 Å². The molecular weight excluding hydrogens is 336 g/mol. The van der Waals surface area contributed by atoms with Crippen LogP contribution in [0, 0.1) is 5.41 Å². The number of amidine groups is 1. The van der Waals surface area contributed by atoms with Gasteiger partial charge in [0, 0.05) is 5.56 Å². The quantitative estimate of drug-likeness (QED) is 0.498. The highest BCUT2D eigenvalue weighted by Crippen LogP contribution is 2.54. The second-order valence-corrected chi connectivity index (χ2v) is 6.90. The summed E-state index contributed by atoms with van der Waals surface area (Å²) in [6, 6.07) is 23.0. The van der Waals surface area contributed by atoms with Crippen molar-refractivity contribution in [1.29, 1.82) is 5.41 Å². The molecule has 1 aliphatic carbocycles. The highest BCUT2D eigenvalue weighted by molar-refractivity contribution is 6.06. The van der Waals surface area contributed by atoms with E-state index in [0.29, 0.717) is 17.4 Å². The second-order valence-electron chi connectivity index (χ2n) is 6.90. The summed E-state index contributed by atoms with van der Waals surface area (Å²) in [6.07, 6.45) is 0.598. The van der Waals surface area contributed by atoms with E-state index < -0.39 is 6.09 Å². The molecule has 4 heteroatoms. The van der Waals surface area contributed by atoms with Crippen molar-refractivity contribution in [1.82, 2.24) is 5.32 Å². The van der Waals surface area contributed by atoms with Crippen molar-refractivity contribution >= 4 is 22.7 Å². The fraction of sp³-hybridized carbons (Fsp3) is 0.217. The van der Waals surface area contributed by atoms with Gasteiger partial charge in [0.1, 0.15) is 5.84 Å². The number of rotatable bonds is 4. The van der Waals surface area contributed by atoms with Gasteiger partial charge in [-0.1, -0.05) is 60.7 Å². The van der Waals surface area contributed by atoms with Crippen molar-refractivity contribution in [3.8, 4) is 0 Å². The summed E-state index contributed by atoms with van der Waals surface area (Å²) in [5.41, 5.74) is 3.44. The van der Waals surface area contributed by atoms with Crippen molar-refractivity contribution in [3.63, 3.8) is 0 Å². The fourth-order valence-corrected chi connectivity index (χ4v) is 3.62. The topological polar surface area (TPSA) is 62.2 Å². The molecular formula is C23H22N2O2. The maximum atomic E-state index is 11.5. The fourth-order valence-electron chi connectivity index (χ4n) is 3.62. The molecule has 2 atom stereocenters. The number of amides is 1. The summed E-state index contributed by atoms with van der Waals surface area (Å²) in [7, 11) is 0. The first kappa shape index (κ1) is 17.3. The van der Waals surface area contributed by atoms with Crippen molar-refractivity contribution in [3.05, 3.63) is 83.4 Å². The lowest BCUT2D eigenvalue weighted by Crippen LogP contribution is -2.31. The Bertz CT molecular complexity index is 998. The van der Waals surface area contributed by atoms with Crippen LogP contribution in [-0.4, -0.2) is 18.5 Å². The first-order chi connectivity index (χ1) is 13.2. The van der Waals surface area contributed by atoms with Gasteiger partial charge in [0.25, 0.3) is 0 Å². The number of benzene rings is 3. The standard InChI is InChI=1S/C23H22N2O2/c1-2-27-23(26)25-22(24)19-11-9-16-12-18(10-8-17(16)13-19)21-14-20(21)15-6-4-3-5-7-15/h3-13,20-21H,2,14H2,1H3,(H2,24,25,26). The van der Waals surface area contributed by atoms with Gasteiger partial charge in [-0.2, -0.15) is 0 Å². The third kappa shape index (κ3) is 3.70. The number of hydrogen-bond acceptors (Lipinski definition) is 3. The number of nitrogens with one attached hydrogen (secondary N) is 2. The minimum absolute atomic E-state index is 0.0470. The van der Waals surface area contributed by atoms with Gasteiger partial charge >= 0.3 is 6.09 Å². The summed E-state index contributed by atoms with van der Waals surface area (Å²) < 4.78 is 4.83. The predicted molar refractivity (Wildman–Crippen MR) is 107 cm³/mol. The lowest BCUT2D eigenvalue weighted by molar-refractivity contribution is 0.158. The normalized spacial score (nSPS) is 18.1. The Balaban J connectivity index is 1.51. The third-order valence-corrected chi connectivity index (χ3v) is 5.10. The molecule has 1 aliphatic rings. The largest absolute Gasteiger partial charge is 0.450 e. The molecule has 0 saturated heterocycles. The molecule has 2 unspecified atom stereocenters. The van der Waals surface area contributed by atoms with Gasteiger partial charge in [-0.3, -0.25) is 10.7 Å². The van der Waals surface area contributed by atoms with Crippen LogP contribution in [0.2, 0.25) is 0 Å². The molecule has 0 aromatic heterocycles. The van der Waals surface area contributed by atoms with Gasteiger partial charge in [0.05, 0.1) is 6.61 Å². The monoisotopic (exact) mass is 358 g/mol. The Morgan fingerprint density at radius 1 is 1.00 bits per heavy atom. The molecule has 3 aromatic rings. The van der Waals surface area contributed by atoms with E-state index in [1.807, 2.05) is 18.2 Å². The third-order valence-electron chi connectivity index (χ3n) is 5.10. The highest BCUT2D eigenvalue weighted by atomic mass is 16.5. The van der Waals surface area contributed by atoms with E-state index in [1.54, 1.807) is 6.92 Å². The molecule has 0 spiro atoms. The molecule has 0 bridgehead atoms. The van der Waals surface area contributed by atoms with Crippen LogP contribution in [-0.2, 0) is 4.74 Å². The van der Waals surface area contributed by atoms with Gasteiger partial charge in [0.2, 0.25) is 0 Å². The molecule has 2 N–H and O–H groups in total. The molecule has 3 aromatic carbocycles. The lowest BCUT2D eigenvalue weighted by atomic mass is 9.99. The highest BCUT2D eigenvalue weighted by Gasteiger charge is 2.39. The van der Waals surface area contributed by atoms with Crippen LogP contribution in [0.5, 0.6) is 0 Å². The molecule has 4 nitrogen and oxygen atoms in total. The van der Waals surface area contributed by atoms with Crippen LogP contribution in [0.25, 0.3) is 10.8 Å². The maximum Gasteiger partial charge on any atom is 0.412 e. The van der Waals surface area contributed by atoms with E-state index in [1.165, 1.54) is 17.5 Å². The lowest BCUT2D eigenvalue weighted by Gasteiger charge is -2.09. The number of fused-ring (bicyclic) bond motifs is 1. The van der Waals surface area contributed by atoms with Crippen LogP contribution >= 0.6 is 0 Å².